The molecule has 0 unspecified atom stereocenters. The Bertz CT molecular complexity index is 435. The summed E-state index contributed by atoms with van der Waals surface area (Å²) in [7, 11) is 0. The molecule has 0 radical (unpaired) electrons. The van der Waals surface area contributed by atoms with E-state index in [1.807, 2.05) is 6.92 Å². The highest BCUT2D eigenvalue weighted by atomic mass is 16.3. The van der Waals surface area contributed by atoms with E-state index in [1.165, 1.54) is 5.57 Å². The van der Waals surface area contributed by atoms with Crippen molar-refractivity contribution in [1.29, 1.82) is 0 Å². The van der Waals surface area contributed by atoms with Crippen LogP contribution >= 0.6 is 0 Å². The van der Waals surface area contributed by atoms with Gasteiger partial charge in [-0.2, -0.15) is 0 Å². The lowest BCUT2D eigenvalue weighted by Gasteiger charge is -2.41. The Kier molecular flexibility index (Phi) is 2.31. The summed E-state index contributed by atoms with van der Waals surface area (Å²) in [6, 6.07) is 0. The van der Waals surface area contributed by atoms with Crippen molar-refractivity contribution >= 4 is 11.6 Å². The zero-order valence-electron chi connectivity index (χ0n) is 10.2. The number of fused-ring (bicyclic) bond motifs is 2. The van der Waals surface area contributed by atoms with Crippen LogP contribution in [0.3, 0.4) is 0 Å². The normalized spacial score (nSPS) is 41.5. The molecule has 0 aromatic heterocycles. The van der Waals surface area contributed by atoms with Crippen molar-refractivity contribution in [2.45, 2.75) is 51.6 Å². The molecule has 0 heterocycles. The third kappa shape index (κ3) is 1.45. The Hall–Kier alpha value is -0.960. The van der Waals surface area contributed by atoms with Gasteiger partial charge in [-0.25, -0.2) is 0 Å². The Labute approximate surface area is 101 Å². The van der Waals surface area contributed by atoms with Gasteiger partial charge in [0.15, 0.2) is 5.78 Å². The van der Waals surface area contributed by atoms with Crippen LogP contribution in [0.1, 0.15) is 45.4 Å². The fourth-order valence-corrected chi connectivity index (χ4v) is 3.97. The number of aliphatic hydroxyl groups excluding tert-OH is 1. The van der Waals surface area contributed by atoms with Crippen LogP contribution in [0.2, 0.25) is 0 Å². The van der Waals surface area contributed by atoms with Gasteiger partial charge in [-0.1, -0.05) is 12.5 Å². The summed E-state index contributed by atoms with van der Waals surface area (Å²) in [4.78, 5) is 23.6. The number of Topliss-reactive ketones (excluding diaryl/α,β-unsaturated/α-hetero) is 2. The van der Waals surface area contributed by atoms with E-state index in [9.17, 15) is 14.7 Å². The van der Waals surface area contributed by atoms with Crippen LogP contribution in [0.4, 0.5) is 0 Å². The summed E-state index contributed by atoms with van der Waals surface area (Å²) >= 11 is 0. The molecule has 92 valence electrons. The minimum Gasteiger partial charge on any atom is -0.393 e. The maximum atomic E-state index is 12.1. The van der Waals surface area contributed by atoms with Gasteiger partial charge < -0.3 is 5.11 Å². The number of hydrogen-bond donors (Lipinski definition) is 1. The molecule has 0 bridgehead atoms. The van der Waals surface area contributed by atoms with Gasteiger partial charge >= 0.3 is 0 Å². The number of hydrogen-bond acceptors (Lipinski definition) is 3. The van der Waals surface area contributed by atoms with E-state index in [2.05, 4.69) is 0 Å². The van der Waals surface area contributed by atoms with Crippen molar-refractivity contribution in [2.24, 2.45) is 11.3 Å². The zero-order valence-corrected chi connectivity index (χ0v) is 10.2. The maximum absolute atomic E-state index is 12.1. The molecule has 3 rings (SSSR count). The van der Waals surface area contributed by atoms with Gasteiger partial charge in [0.1, 0.15) is 5.78 Å². The lowest BCUT2D eigenvalue weighted by Crippen LogP contribution is -2.41. The summed E-state index contributed by atoms with van der Waals surface area (Å²) in [6.45, 7) is 2.04. The van der Waals surface area contributed by atoms with Crippen LogP contribution in [0.5, 0.6) is 0 Å². The predicted molar refractivity (Wildman–Crippen MR) is 62.3 cm³/mol. The van der Waals surface area contributed by atoms with Crippen LogP contribution in [0, 0.1) is 11.3 Å². The van der Waals surface area contributed by atoms with E-state index in [1.54, 1.807) is 0 Å². The minimum absolute atomic E-state index is 0.104. The van der Waals surface area contributed by atoms with Gasteiger partial charge in [0, 0.05) is 30.3 Å². The lowest BCUT2D eigenvalue weighted by atomic mass is 9.62. The van der Waals surface area contributed by atoms with Crippen LogP contribution in [0.15, 0.2) is 11.1 Å². The molecule has 1 N–H and O–H groups in total. The fraction of sp³-hybridized carbons (Fsp3) is 0.714. The molecule has 3 atom stereocenters. The number of ketones is 2. The number of allylic oxidation sites excluding steroid dienone is 2. The van der Waals surface area contributed by atoms with Crippen LogP contribution < -0.4 is 0 Å². The lowest BCUT2D eigenvalue weighted by molar-refractivity contribution is -0.125. The molecule has 0 spiro atoms. The first-order valence-corrected chi connectivity index (χ1v) is 6.47. The summed E-state index contributed by atoms with van der Waals surface area (Å²) < 4.78 is 0. The van der Waals surface area contributed by atoms with Crippen molar-refractivity contribution in [3.63, 3.8) is 0 Å². The second-order valence-corrected chi connectivity index (χ2v) is 5.97. The molecular weight excluding hydrogens is 216 g/mol. The molecule has 0 saturated heterocycles. The van der Waals surface area contributed by atoms with Crippen molar-refractivity contribution in [3.05, 3.63) is 11.1 Å². The Morgan fingerprint density at radius 3 is 2.76 bits per heavy atom. The smallest absolute Gasteiger partial charge is 0.159 e. The first kappa shape index (κ1) is 11.1. The molecule has 17 heavy (non-hydrogen) atoms. The summed E-state index contributed by atoms with van der Waals surface area (Å²) in [5, 5.41) is 10.1. The Morgan fingerprint density at radius 1 is 1.24 bits per heavy atom. The monoisotopic (exact) mass is 234 g/mol. The van der Waals surface area contributed by atoms with E-state index in [-0.39, 0.29) is 23.1 Å². The molecule has 3 nitrogen and oxygen atoms in total. The Morgan fingerprint density at radius 2 is 2.00 bits per heavy atom. The standard InChI is InChI=1S/C14H18O3/c1-14-7-12(16)10-6-8(15)2-3-9(10)11(14)4-5-13(14)17/h11,13,17H,2-7H2,1H3/t11-,13-,14-/m0/s1. The average molecular weight is 234 g/mol. The fourth-order valence-electron chi connectivity index (χ4n) is 3.97. The van der Waals surface area contributed by atoms with Crippen LogP contribution in [-0.2, 0) is 9.59 Å². The first-order chi connectivity index (χ1) is 8.02. The third-order valence-electron chi connectivity index (χ3n) is 5.02. The minimum atomic E-state index is -0.358. The second-order valence-electron chi connectivity index (χ2n) is 5.97. The second kappa shape index (κ2) is 3.52. The molecule has 0 aromatic rings. The number of rotatable bonds is 0. The molecule has 0 aromatic carbocycles. The molecule has 0 amide bonds. The van der Waals surface area contributed by atoms with Crippen molar-refractivity contribution in [1.82, 2.24) is 0 Å². The van der Waals surface area contributed by atoms with E-state index >= 15 is 0 Å². The number of carbonyl (C=O) groups is 2. The van der Waals surface area contributed by atoms with Gasteiger partial charge in [-0.3, -0.25) is 9.59 Å². The first-order valence-electron chi connectivity index (χ1n) is 6.47. The highest BCUT2D eigenvalue weighted by Crippen LogP contribution is 2.55. The van der Waals surface area contributed by atoms with Crippen LogP contribution in [0.25, 0.3) is 0 Å². The molecule has 0 aliphatic heterocycles. The summed E-state index contributed by atoms with van der Waals surface area (Å²) in [5.41, 5.74) is 1.72. The van der Waals surface area contributed by atoms with E-state index in [4.69, 9.17) is 0 Å². The van der Waals surface area contributed by atoms with E-state index in [0.29, 0.717) is 25.2 Å². The van der Waals surface area contributed by atoms with Gasteiger partial charge in [-0.15, -0.1) is 0 Å². The van der Waals surface area contributed by atoms with E-state index in [0.717, 1.165) is 24.8 Å². The molecule has 3 heteroatoms. The largest absolute Gasteiger partial charge is 0.393 e. The van der Waals surface area contributed by atoms with Gasteiger partial charge in [-0.05, 0) is 25.2 Å². The molecule has 3 aliphatic carbocycles. The van der Waals surface area contributed by atoms with Crippen molar-refractivity contribution < 1.29 is 14.7 Å². The SMILES string of the molecule is C[C@]12CC(=O)C3=C(CCC(=O)C3)[C@@H]1CC[C@@H]2O. The summed E-state index contributed by atoms with van der Waals surface area (Å²) in [5.74, 6) is 0.630. The maximum Gasteiger partial charge on any atom is 0.159 e. The van der Waals surface area contributed by atoms with Crippen molar-refractivity contribution in [3.8, 4) is 0 Å². The summed E-state index contributed by atoms with van der Waals surface area (Å²) in [6.07, 6.45) is 3.49. The predicted octanol–water partition coefficient (Wildman–Crippen LogP) is 1.79. The van der Waals surface area contributed by atoms with Gasteiger partial charge in [0.25, 0.3) is 0 Å². The molecule has 1 saturated carbocycles. The van der Waals surface area contributed by atoms with E-state index < -0.39 is 0 Å². The zero-order chi connectivity index (χ0) is 12.2. The quantitative estimate of drug-likeness (QED) is 0.695. The number of carbonyl (C=O) groups excluding carboxylic acids is 2. The third-order valence-corrected chi connectivity index (χ3v) is 5.02. The molecular formula is C14H18O3. The average Bonchev–Trinajstić information content (AvgIpc) is 2.56. The number of aliphatic hydroxyl groups is 1. The topological polar surface area (TPSA) is 54.4 Å². The van der Waals surface area contributed by atoms with Gasteiger partial charge in [0.2, 0.25) is 0 Å². The highest BCUT2D eigenvalue weighted by Gasteiger charge is 2.52. The molecule has 3 aliphatic rings. The van der Waals surface area contributed by atoms with Crippen LogP contribution in [-0.4, -0.2) is 22.8 Å². The van der Waals surface area contributed by atoms with Gasteiger partial charge in [0.05, 0.1) is 6.10 Å². The molecule has 1 fully saturated rings. The highest BCUT2D eigenvalue weighted by molar-refractivity contribution is 6.03. The Balaban J connectivity index is 2.06. The van der Waals surface area contributed by atoms with Crippen molar-refractivity contribution in [2.75, 3.05) is 0 Å².